The molecule has 0 spiro atoms. The molecule has 3 aromatic rings. The Morgan fingerprint density at radius 2 is 2.00 bits per heavy atom. The smallest absolute Gasteiger partial charge is 0.258 e. The number of hydrogen-bond donors (Lipinski definition) is 0. The number of hydrogen-bond acceptors (Lipinski definition) is 4. The monoisotopic (exact) mass is 333 g/mol. The zero-order valence-corrected chi connectivity index (χ0v) is 14.3. The number of fused-ring (bicyclic) bond motifs is 1. The highest BCUT2D eigenvalue weighted by molar-refractivity contribution is 6.07. The first kappa shape index (κ1) is 15.6. The topological polar surface area (TPSA) is 59.2 Å². The molecule has 0 atom stereocenters. The first-order valence-electron chi connectivity index (χ1n) is 8.44. The first-order chi connectivity index (χ1) is 12.1. The molecule has 1 aliphatic heterocycles. The van der Waals surface area contributed by atoms with Gasteiger partial charge in [-0.15, -0.1) is 10.2 Å². The summed E-state index contributed by atoms with van der Waals surface area (Å²) in [7, 11) is 0. The van der Waals surface area contributed by atoms with Crippen LogP contribution in [0.2, 0.25) is 0 Å². The van der Waals surface area contributed by atoms with Crippen LogP contribution in [-0.2, 0) is 6.42 Å². The Kier molecular flexibility index (Phi) is 3.84. The minimum atomic E-state index is 0.00268. The van der Waals surface area contributed by atoms with Gasteiger partial charge in [-0.3, -0.25) is 4.79 Å². The number of rotatable bonds is 2. The van der Waals surface area contributed by atoms with Crippen LogP contribution in [0.4, 0.5) is 5.69 Å². The summed E-state index contributed by atoms with van der Waals surface area (Å²) < 4.78 is 5.47. The molecule has 4 rings (SSSR count). The third-order valence-corrected chi connectivity index (χ3v) is 4.48. The van der Waals surface area contributed by atoms with Gasteiger partial charge in [0.25, 0.3) is 5.91 Å². The van der Waals surface area contributed by atoms with E-state index in [-0.39, 0.29) is 5.91 Å². The average Bonchev–Trinajstić information content (AvgIpc) is 3.07. The van der Waals surface area contributed by atoms with Crippen LogP contribution in [0.25, 0.3) is 11.5 Å². The number of carbonyl (C=O) groups excluding carboxylic acids is 1. The number of aromatic nitrogens is 2. The maximum absolute atomic E-state index is 13.1. The van der Waals surface area contributed by atoms with Crippen molar-refractivity contribution in [2.75, 3.05) is 11.4 Å². The predicted molar refractivity (Wildman–Crippen MR) is 95.6 cm³/mol. The lowest BCUT2D eigenvalue weighted by Crippen LogP contribution is -2.35. The molecule has 0 bridgehead atoms. The second-order valence-corrected chi connectivity index (χ2v) is 6.40. The Morgan fingerprint density at radius 3 is 2.80 bits per heavy atom. The molecule has 2 heterocycles. The summed E-state index contributed by atoms with van der Waals surface area (Å²) >= 11 is 0. The Balaban J connectivity index is 1.68. The zero-order chi connectivity index (χ0) is 17.4. The van der Waals surface area contributed by atoms with Crippen LogP contribution in [-0.4, -0.2) is 22.6 Å². The minimum absolute atomic E-state index is 0.00268. The van der Waals surface area contributed by atoms with Crippen LogP contribution in [0.15, 0.2) is 46.9 Å². The summed E-state index contributed by atoms with van der Waals surface area (Å²) in [5.74, 6) is 0.941. The summed E-state index contributed by atoms with van der Waals surface area (Å²) in [5.41, 5.74) is 4.86. The summed E-state index contributed by atoms with van der Waals surface area (Å²) in [6, 6.07) is 13.6. The lowest BCUT2D eigenvalue weighted by molar-refractivity contribution is 0.0985. The van der Waals surface area contributed by atoms with Gasteiger partial charge in [0.15, 0.2) is 0 Å². The lowest BCUT2D eigenvalue weighted by atomic mass is 9.98. The molecule has 25 heavy (non-hydrogen) atoms. The molecule has 1 aliphatic rings. The van der Waals surface area contributed by atoms with Crippen molar-refractivity contribution in [2.45, 2.75) is 26.7 Å². The third-order valence-electron chi connectivity index (χ3n) is 4.48. The van der Waals surface area contributed by atoms with E-state index in [2.05, 4.69) is 29.3 Å². The normalized spacial score (nSPS) is 13.6. The summed E-state index contributed by atoms with van der Waals surface area (Å²) in [5, 5.41) is 7.89. The highest BCUT2D eigenvalue weighted by atomic mass is 16.4. The average molecular weight is 333 g/mol. The molecular formula is C20H19N3O2. The van der Waals surface area contributed by atoms with Gasteiger partial charge >= 0.3 is 0 Å². The molecule has 2 aromatic carbocycles. The van der Waals surface area contributed by atoms with Crippen LogP contribution >= 0.6 is 0 Å². The van der Waals surface area contributed by atoms with Crippen molar-refractivity contribution >= 4 is 11.6 Å². The van der Waals surface area contributed by atoms with E-state index >= 15 is 0 Å². The number of aryl methyl sites for hydroxylation is 3. The van der Waals surface area contributed by atoms with Gasteiger partial charge in [0.05, 0.1) is 0 Å². The molecule has 0 aliphatic carbocycles. The maximum atomic E-state index is 13.1. The van der Waals surface area contributed by atoms with Crippen molar-refractivity contribution in [1.82, 2.24) is 10.2 Å². The largest absolute Gasteiger partial charge is 0.421 e. The summed E-state index contributed by atoms with van der Waals surface area (Å²) in [6.07, 6.45) is 1.99. The summed E-state index contributed by atoms with van der Waals surface area (Å²) in [4.78, 5) is 15.0. The lowest BCUT2D eigenvalue weighted by Gasteiger charge is -2.30. The molecule has 5 nitrogen and oxygen atoms in total. The number of benzene rings is 2. The molecule has 1 amide bonds. The van der Waals surface area contributed by atoms with Crippen molar-refractivity contribution in [3.8, 4) is 11.5 Å². The quantitative estimate of drug-likeness (QED) is 0.712. The molecule has 0 radical (unpaired) electrons. The third kappa shape index (κ3) is 2.93. The van der Waals surface area contributed by atoms with Crippen molar-refractivity contribution < 1.29 is 9.21 Å². The van der Waals surface area contributed by atoms with Gasteiger partial charge in [0.2, 0.25) is 11.8 Å². The highest BCUT2D eigenvalue weighted by Crippen LogP contribution is 2.30. The SMILES string of the molecule is Cc1ccc2c(c1)CCCN2C(=O)c1cccc(-c2nnc(C)o2)c1. The van der Waals surface area contributed by atoms with E-state index in [4.69, 9.17) is 4.42 Å². The Hall–Kier alpha value is -2.95. The first-order valence-corrected chi connectivity index (χ1v) is 8.44. The van der Waals surface area contributed by atoms with Crippen LogP contribution < -0.4 is 4.90 Å². The molecule has 5 heteroatoms. The van der Waals surface area contributed by atoms with Crippen molar-refractivity contribution in [3.63, 3.8) is 0 Å². The van der Waals surface area contributed by atoms with Gasteiger partial charge in [-0.2, -0.15) is 0 Å². The predicted octanol–water partition coefficient (Wildman–Crippen LogP) is 3.95. The van der Waals surface area contributed by atoms with Crippen LogP contribution in [0.1, 0.15) is 33.8 Å². The van der Waals surface area contributed by atoms with E-state index in [9.17, 15) is 4.79 Å². The van der Waals surface area contributed by atoms with E-state index < -0.39 is 0 Å². The summed E-state index contributed by atoms with van der Waals surface area (Å²) in [6.45, 7) is 4.56. The minimum Gasteiger partial charge on any atom is -0.421 e. The molecule has 0 N–H and O–H groups in total. The zero-order valence-electron chi connectivity index (χ0n) is 14.3. The fourth-order valence-corrected chi connectivity index (χ4v) is 3.29. The van der Waals surface area contributed by atoms with E-state index in [1.54, 1.807) is 6.92 Å². The fourth-order valence-electron chi connectivity index (χ4n) is 3.29. The molecule has 0 saturated carbocycles. The maximum Gasteiger partial charge on any atom is 0.258 e. The van der Waals surface area contributed by atoms with Crippen LogP contribution in [0.3, 0.4) is 0 Å². The van der Waals surface area contributed by atoms with Gasteiger partial charge in [0.1, 0.15) is 0 Å². The van der Waals surface area contributed by atoms with Gasteiger partial charge in [-0.1, -0.05) is 23.8 Å². The van der Waals surface area contributed by atoms with Crippen LogP contribution in [0.5, 0.6) is 0 Å². The Bertz CT molecular complexity index is 946. The van der Waals surface area contributed by atoms with Crippen molar-refractivity contribution in [3.05, 3.63) is 65.0 Å². The Morgan fingerprint density at radius 1 is 1.12 bits per heavy atom. The standard InChI is InChI=1S/C20H19N3O2/c1-13-8-9-18-15(11-13)7-4-10-23(18)20(24)17-6-3-5-16(12-17)19-22-21-14(2)25-19/h3,5-6,8-9,11-12H,4,7,10H2,1-2H3. The van der Waals surface area contributed by atoms with Gasteiger partial charge in [0, 0.05) is 30.3 Å². The highest BCUT2D eigenvalue weighted by Gasteiger charge is 2.24. The van der Waals surface area contributed by atoms with Gasteiger partial charge in [-0.05, 0) is 49.6 Å². The van der Waals surface area contributed by atoms with Gasteiger partial charge in [-0.25, -0.2) is 0 Å². The van der Waals surface area contributed by atoms with Crippen molar-refractivity contribution in [2.24, 2.45) is 0 Å². The molecule has 126 valence electrons. The van der Waals surface area contributed by atoms with E-state index in [0.29, 0.717) is 17.3 Å². The van der Waals surface area contributed by atoms with E-state index in [1.165, 1.54) is 11.1 Å². The molecule has 1 aromatic heterocycles. The Labute approximate surface area is 146 Å². The van der Waals surface area contributed by atoms with E-state index in [0.717, 1.165) is 30.6 Å². The van der Waals surface area contributed by atoms with E-state index in [1.807, 2.05) is 35.2 Å². The van der Waals surface area contributed by atoms with Crippen LogP contribution in [0, 0.1) is 13.8 Å². The second kappa shape index (κ2) is 6.16. The van der Waals surface area contributed by atoms with Crippen molar-refractivity contribution in [1.29, 1.82) is 0 Å². The fraction of sp³-hybridized carbons (Fsp3) is 0.250. The second-order valence-electron chi connectivity index (χ2n) is 6.40. The molecule has 0 fully saturated rings. The van der Waals surface area contributed by atoms with Gasteiger partial charge < -0.3 is 9.32 Å². The molecule has 0 unspecified atom stereocenters. The number of nitrogens with zero attached hydrogens (tertiary/aromatic N) is 3. The number of amides is 1. The number of anilines is 1. The molecule has 0 saturated heterocycles. The number of carbonyl (C=O) groups is 1. The molecular weight excluding hydrogens is 314 g/mol.